The Morgan fingerprint density at radius 3 is 2.67 bits per heavy atom. The molecule has 0 spiro atoms. The molecule has 1 aliphatic rings. The number of fused-ring (bicyclic) bond motifs is 1. The van der Waals surface area contributed by atoms with Gasteiger partial charge in [-0.15, -0.1) is 0 Å². The van der Waals surface area contributed by atoms with Crippen molar-refractivity contribution in [3.05, 3.63) is 54.1 Å². The number of hydrogen-bond acceptors (Lipinski definition) is 4. The van der Waals surface area contributed by atoms with Crippen molar-refractivity contribution in [2.45, 2.75) is 12.2 Å². The molecular weight excluding hydrogens is 270 g/mol. The van der Waals surface area contributed by atoms with Crippen LogP contribution in [0.15, 0.2) is 48.5 Å². The molecule has 0 saturated heterocycles. The number of aliphatic hydroxyl groups excluding tert-OH is 1. The highest BCUT2D eigenvalue weighted by atomic mass is 16.5. The molecule has 2 atom stereocenters. The summed E-state index contributed by atoms with van der Waals surface area (Å²) in [6.45, 7) is 0. The number of carbonyl (C=O) groups excluding carboxylic acids is 1. The Morgan fingerprint density at radius 2 is 1.95 bits per heavy atom. The third-order valence-corrected chi connectivity index (χ3v) is 3.38. The van der Waals surface area contributed by atoms with Gasteiger partial charge in [0, 0.05) is 6.07 Å². The summed E-state index contributed by atoms with van der Waals surface area (Å²) in [6, 6.07) is 14.3. The van der Waals surface area contributed by atoms with Gasteiger partial charge in [0.05, 0.1) is 12.8 Å². The van der Waals surface area contributed by atoms with E-state index in [1.54, 1.807) is 25.3 Å². The summed E-state index contributed by atoms with van der Waals surface area (Å²) in [6.07, 6.45) is -2.04. The highest BCUT2D eigenvalue weighted by Gasteiger charge is 2.33. The smallest absolute Gasteiger partial charge is 0.257 e. The molecule has 2 aromatic rings. The predicted octanol–water partition coefficient (Wildman–Crippen LogP) is 2.13. The largest absolute Gasteiger partial charge is 0.497 e. The Bertz CT molecular complexity index is 657. The highest BCUT2D eigenvalue weighted by Crippen LogP contribution is 2.36. The van der Waals surface area contributed by atoms with Crippen LogP contribution in [-0.4, -0.2) is 24.2 Å². The van der Waals surface area contributed by atoms with Crippen LogP contribution in [0.25, 0.3) is 0 Å². The first-order chi connectivity index (χ1) is 10.2. The van der Waals surface area contributed by atoms with Gasteiger partial charge in [-0.2, -0.15) is 0 Å². The van der Waals surface area contributed by atoms with E-state index >= 15 is 0 Å². The van der Waals surface area contributed by atoms with E-state index in [0.29, 0.717) is 17.2 Å². The summed E-state index contributed by atoms with van der Waals surface area (Å²) in [4.78, 5) is 12.1. The van der Waals surface area contributed by atoms with Crippen LogP contribution in [0.2, 0.25) is 0 Å². The summed E-state index contributed by atoms with van der Waals surface area (Å²) in [5, 5.41) is 12.9. The second kappa shape index (κ2) is 5.46. The van der Waals surface area contributed by atoms with E-state index in [-0.39, 0.29) is 0 Å². The van der Waals surface area contributed by atoms with Crippen molar-refractivity contribution in [1.82, 2.24) is 0 Å². The third kappa shape index (κ3) is 2.55. The highest BCUT2D eigenvalue weighted by molar-refractivity contribution is 5.96. The minimum atomic E-state index is -1.29. The number of hydrogen-bond donors (Lipinski definition) is 2. The standard InChI is InChI=1S/C16H15NO4/c1-20-11-7-8-13-12(9-11)17-16(19)14(18)15(21-13)10-5-3-2-4-6-10/h2-9,14-15,18H,1H3,(H,17,19)/t14-,15-/m1/s1. The second-order valence-corrected chi connectivity index (χ2v) is 4.75. The number of carbonyl (C=O) groups is 1. The number of benzene rings is 2. The number of ether oxygens (including phenoxy) is 2. The van der Waals surface area contributed by atoms with Gasteiger partial charge in [-0.05, 0) is 17.7 Å². The lowest BCUT2D eigenvalue weighted by atomic mass is 10.0. The van der Waals surface area contributed by atoms with Gasteiger partial charge in [0.25, 0.3) is 5.91 Å². The van der Waals surface area contributed by atoms with Gasteiger partial charge in [0.1, 0.15) is 11.5 Å². The van der Waals surface area contributed by atoms with Crippen molar-refractivity contribution in [2.75, 3.05) is 12.4 Å². The van der Waals surface area contributed by atoms with Crippen molar-refractivity contribution in [3.63, 3.8) is 0 Å². The zero-order valence-corrected chi connectivity index (χ0v) is 11.4. The maximum Gasteiger partial charge on any atom is 0.257 e. The first-order valence-corrected chi connectivity index (χ1v) is 6.57. The van der Waals surface area contributed by atoms with Crippen LogP contribution in [0, 0.1) is 0 Å². The van der Waals surface area contributed by atoms with Crippen LogP contribution in [-0.2, 0) is 4.79 Å². The fraction of sp³-hybridized carbons (Fsp3) is 0.188. The van der Waals surface area contributed by atoms with Gasteiger partial charge in [-0.1, -0.05) is 30.3 Å². The topological polar surface area (TPSA) is 67.8 Å². The lowest BCUT2D eigenvalue weighted by Crippen LogP contribution is -2.33. The van der Waals surface area contributed by atoms with Crippen LogP contribution >= 0.6 is 0 Å². The fourth-order valence-corrected chi connectivity index (χ4v) is 2.27. The zero-order valence-electron chi connectivity index (χ0n) is 11.4. The van der Waals surface area contributed by atoms with Crippen molar-refractivity contribution >= 4 is 11.6 Å². The molecule has 108 valence electrons. The summed E-state index contributed by atoms with van der Waals surface area (Å²) in [5.74, 6) is 0.593. The first-order valence-electron chi connectivity index (χ1n) is 6.57. The molecule has 1 aliphatic heterocycles. The first kappa shape index (κ1) is 13.5. The number of aliphatic hydroxyl groups is 1. The van der Waals surface area contributed by atoms with E-state index in [2.05, 4.69) is 5.32 Å². The number of methoxy groups -OCH3 is 1. The molecule has 5 nitrogen and oxygen atoms in total. The van der Waals surface area contributed by atoms with Crippen molar-refractivity contribution < 1.29 is 19.4 Å². The second-order valence-electron chi connectivity index (χ2n) is 4.75. The molecule has 0 unspecified atom stereocenters. The Labute approximate surface area is 122 Å². The van der Waals surface area contributed by atoms with Gasteiger partial charge >= 0.3 is 0 Å². The number of nitrogens with one attached hydrogen (secondary N) is 1. The van der Waals surface area contributed by atoms with E-state index in [0.717, 1.165) is 5.56 Å². The Hall–Kier alpha value is -2.53. The molecule has 2 N–H and O–H groups in total. The molecule has 0 fully saturated rings. The van der Waals surface area contributed by atoms with Gasteiger partial charge < -0.3 is 19.9 Å². The number of rotatable bonds is 2. The summed E-state index contributed by atoms with van der Waals surface area (Å²) >= 11 is 0. The van der Waals surface area contributed by atoms with E-state index in [1.807, 2.05) is 30.3 Å². The Morgan fingerprint density at radius 1 is 1.19 bits per heavy atom. The average molecular weight is 285 g/mol. The number of amides is 1. The minimum absolute atomic E-state index is 0.483. The Kier molecular flexibility index (Phi) is 3.50. The van der Waals surface area contributed by atoms with Gasteiger partial charge in [-0.3, -0.25) is 4.79 Å². The van der Waals surface area contributed by atoms with Gasteiger partial charge in [0.2, 0.25) is 0 Å². The van der Waals surface area contributed by atoms with Gasteiger partial charge in [0.15, 0.2) is 12.2 Å². The molecule has 1 amide bonds. The van der Waals surface area contributed by atoms with Crippen LogP contribution in [0.1, 0.15) is 11.7 Å². The molecular formula is C16H15NO4. The summed E-state index contributed by atoms with van der Waals surface area (Å²) in [5.41, 5.74) is 1.22. The third-order valence-electron chi connectivity index (χ3n) is 3.38. The molecule has 0 aromatic heterocycles. The summed E-state index contributed by atoms with van der Waals surface area (Å²) < 4.78 is 11.0. The average Bonchev–Trinajstić information content (AvgIpc) is 2.65. The molecule has 2 aromatic carbocycles. The Balaban J connectivity index is 2.01. The monoisotopic (exact) mass is 285 g/mol. The van der Waals surface area contributed by atoms with Crippen molar-refractivity contribution in [2.24, 2.45) is 0 Å². The molecule has 0 saturated carbocycles. The summed E-state index contributed by atoms with van der Waals surface area (Å²) in [7, 11) is 1.54. The van der Waals surface area contributed by atoms with E-state index in [9.17, 15) is 9.90 Å². The van der Waals surface area contributed by atoms with E-state index < -0.39 is 18.1 Å². The van der Waals surface area contributed by atoms with E-state index in [1.165, 1.54) is 0 Å². The lowest BCUT2D eigenvalue weighted by molar-refractivity contribution is -0.128. The predicted molar refractivity (Wildman–Crippen MR) is 77.4 cm³/mol. The van der Waals surface area contributed by atoms with Crippen molar-refractivity contribution in [1.29, 1.82) is 0 Å². The molecule has 0 bridgehead atoms. The zero-order chi connectivity index (χ0) is 14.8. The van der Waals surface area contributed by atoms with Gasteiger partial charge in [-0.25, -0.2) is 0 Å². The molecule has 21 heavy (non-hydrogen) atoms. The maximum absolute atomic E-state index is 12.1. The van der Waals surface area contributed by atoms with E-state index in [4.69, 9.17) is 9.47 Å². The number of anilines is 1. The SMILES string of the molecule is COc1ccc2c(c1)NC(=O)[C@H](O)[C@@H](c1ccccc1)O2. The van der Waals surface area contributed by atoms with Crippen LogP contribution in [0.3, 0.4) is 0 Å². The molecule has 1 heterocycles. The van der Waals surface area contributed by atoms with Crippen LogP contribution in [0.4, 0.5) is 5.69 Å². The molecule has 5 heteroatoms. The van der Waals surface area contributed by atoms with Crippen LogP contribution in [0.5, 0.6) is 11.5 Å². The van der Waals surface area contributed by atoms with Crippen molar-refractivity contribution in [3.8, 4) is 11.5 Å². The van der Waals surface area contributed by atoms with Crippen LogP contribution < -0.4 is 14.8 Å². The molecule has 0 radical (unpaired) electrons. The lowest BCUT2D eigenvalue weighted by Gasteiger charge is -2.20. The molecule has 3 rings (SSSR count). The molecule has 0 aliphatic carbocycles. The minimum Gasteiger partial charge on any atom is -0.497 e. The maximum atomic E-state index is 12.1. The fourth-order valence-electron chi connectivity index (χ4n) is 2.27. The normalized spacial score (nSPS) is 20.8. The quantitative estimate of drug-likeness (QED) is 0.887.